The van der Waals surface area contributed by atoms with Gasteiger partial charge in [0.15, 0.2) is 5.96 Å². The van der Waals surface area contributed by atoms with Gasteiger partial charge in [-0.05, 0) is 24.1 Å². The molecule has 5 nitrogen and oxygen atoms in total. The Balaban J connectivity index is 1.89. The number of hydrogen-bond acceptors (Lipinski definition) is 2. The number of aliphatic imine (C=N–C) groups is 1. The molecule has 0 bridgehead atoms. The van der Waals surface area contributed by atoms with Gasteiger partial charge in [0, 0.05) is 48.5 Å². The predicted octanol–water partition coefficient (Wildman–Crippen LogP) is 3.15. The first-order valence-electron chi connectivity index (χ1n) is 9.25. The second-order valence-corrected chi connectivity index (χ2v) is 8.80. The minimum absolute atomic E-state index is 0.0310. The largest absolute Gasteiger partial charge is 0.356 e. The average Bonchev–Trinajstić information content (AvgIpc) is 3.06. The second-order valence-electron chi connectivity index (χ2n) is 7.89. The molecular weight excluding hydrogens is 392 g/mol. The van der Waals surface area contributed by atoms with Crippen LogP contribution in [-0.2, 0) is 10.2 Å². The highest BCUT2D eigenvalue weighted by Crippen LogP contribution is 2.25. The number of halogens is 1. The van der Waals surface area contributed by atoms with E-state index in [-0.39, 0.29) is 23.3 Å². The van der Waals surface area contributed by atoms with E-state index in [0.29, 0.717) is 0 Å². The van der Waals surface area contributed by atoms with Crippen molar-refractivity contribution >= 4 is 27.8 Å². The third-order valence-electron chi connectivity index (χ3n) is 4.86. The van der Waals surface area contributed by atoms with E-state index in [4.69, 9.17) is 0 Å². The number of rotatable bonds is 5. The van der Waals surface area contributed by atoms with E-state index in [9.17, 15) is 4.79 Å². The van der Waals surface area contributed by atoms with Crippen molar-refractivity contribution in [2.45, 2.75) is 45.6 Å². The van der Waals surface area contributed by atoms with Gasteiger partial charge in [-0.15, -0.1) is 0 Å². The molecule has 1 amide bonds. The van der Waals surface area contributed by atoms with Crippen molar-refractivity contribution in [3.63, 3.8) is 0 Å². The van der Waals surface area contributed by atoms with E-state index in [1.54, 1.807) is 7.05 Å². The third-order valence-corrected chi connectivity index (χ3v) is 5.36. The molecule has 1 aromatic rings. The molecule has 26 heavy (non-hydrogen) atoms. The fourth-order valence-electron chi connectivity index (χ4n) is 3.15. The molecular formula is C20H31BrN4O. The van der Waals surface area contributed by atoms with Crippen LogP contribution in [0.2, 0.25) is 0 Å². The summed E-state index contributed by atoms with van der Waals surface area (Å²) in [6.45, 7) is 10.7. The Bertz CT molecular complexity index is 657. The van der Waals surface area contributed by atoms with Gasteiger partial charge in [-0.3, -0.25) is 9.79 Å². The first-order chi connectivity index (χ1) is 12.2. The number of amides is 1. The lowest BCUT2D eigenvalue weighted by atomic mass is 9.85. The number of carbonyl (C=O) groups is 1. The first kappa shape index (κ1) is 20.7. The third kappa shape index (κ3) is 5.47. The summed E-state index contributed by atoms with van der Waals surface area (Å²) in [7, 11) is 1.79. The number of likely N-dealkylation sites (tertiary alicyclic amines) is 1. The number of carbonyl (C=O) groups excluding carboxylic acids is 1. The summed E-state index contributed by atoms with van der Waals surface area (Å²) in [5.74, 6) is 1.07. The maximum atomic E-state index is 12.1. The molecule has 1 heterocycles. The van der Waals surface area contributed by atoms with Crippen LogP contribution < -0.4 is 10.6 Å². The fourth-order valence-corrected chi connectivity index (χ4v) is 3.55. The Labute approximate surface area is 165 Å². The van der Waals surface area contributed by atoms with Gasteiger partial charge in [0.05, 0.1) is 0 Å². The van der Waals surface area contributed by atoms with Crippen LogP contribution in [0.1, 0.15) is 39.7 Å². The average molecular weight is 423 g/mol. The SMILES string of the molecule is CN=C(NCC(C)(C)c1cccc(Br)c1)NC1CCN(C(=O)C(C)C)C1. The zero-order valence-electron chi connectivity index (χ0n) is 16.5. The van der Waals surface area contributed by atoms with E-state index in [1.165, 1.54) is 5.56 Å². The van der Waals surface area contributed by atoms with Crippen LogP contribution in [0.25, 0.3) is 0 Å². The van der Waals surface area contributed by atoms with Crippen molar-refractivity contribution in [3.8, 4) is 0 Å². The van der Waals surface area contributed by atoms with Gasteiger partial charge in [0.25, 0.3) is 0 Å². The summed E-state index contributed by atoms with van der Waals surface area (Å²) in [4.78, 5) is 18.4. The van der Waals surface area contributed by atoms with Crippen LogP contribution in [-0.4, -0.2) is 49.5 Å². The standard InChI is InChI=1S/C20H31BrN4O/c1-14(2)18(26)25-10-9-17(12-25)24-19(22-5)23-13-20(3,4)15-7-6-8-16(21)11-15/h6-8,11,14,17H,9-10,12-13H2,1-5H3,(H2,22,23,24). The predicted molar refractivity (Wildman–Crippen MR) is 111 cm³/mol. The minimum atomic E-state index is -0.0310. The number of guanidine groups is 1. The lowest BCUT2D eigenvalue weighted by molar-refractivity contribution is -0.133. The Hall–Kier alpha value is -1.56. The van der Waals surface area contributed by atoms with E-state index >= 15 is 0 Å². The van der Waals surface area contributed by atoms with Gasteiger partial charge >= 0.3 is 0 Å². The Morgan fingerprint density at radius 1 is 1.42 bits per heavy atom. The number of nitrogens with zero attached hydrogens (tertiary/aromatic N) is 2. The van der Waals surface area contributed by atoms with Crippen LogP contribution in [0.5, 0.6) is 0 Å². The molecule has 0 aliphatic carbocycles. The van der Waals surface area contributed by atoms with Crippen molar-refractivity contribution < 1.29 is 4.79 Å². The summed E-state index contributed by atoms with van der Waals surface area (Å²) >= 11 is 3.55. The molecule has 0 aromatic heterocycles. The van der Waals surface area contributed by atoms with Crippen LogP contribution in [0.3, 0.4) is 0 Å². The van der Waals surface area contributed by atoms with Gasteiger partial charge in [-0.1, -0.05) is 55.8 Å². The molecule has 1 unspecified atom stereocenters. The summed E-state index contributed by atoms with van der Waals surface area (Å²) in [5, 5.41) is 6.90. The molecule has 2 N–H and O–H groups in total. The first-order valence-corrected chi connectivity index (χ1v) is 10.0. The van der Waals surface area contributed by atoms with Crippen molar-refractivity contribution in [2.75, 3.05) is 26.7 Å². The fraction of sp³-hybridized carbons (Fsp3) is 0.600. The van der Waals surface area contributed by atoms with Gasteiger partial charge in [0.1, 0.15) is 0 Å². The van der Waals surface area contributed by atoms with Crippen molar-refractivity contribution in [3.05, 3.63) is 34.3 Å². The van der Waals surface area contributed by atoms with Crippen LogP contribution in [0, 0.1) is 5.92 Å². The molecule has 144 valence electrons. The molecule has 1 saturated heterocycles. The lowest BCUT2D eigenvalue weighted by Gasteiger charge is -2.28. The maximum Gasteiger partial charge on any atom is 0.225 e. The maximum absolute atomic E-state index is 12.1. The molecule has 1 atom stereocenters. The van der Waals surface area contributed by atoms with Crippen LogP contribution >= 0.6 is 15.9 Å². The van der Waals surface area contributed by atoms with Gasteiger partial charge in [-0.25, -0.2) is 0 Å². The van der Waals surface area contributed by atoms with Gasteiger partial charge < -0.3 is 15.5 Å². The summed E-state index contributed by atoms with van der Waals surface area (Å²) in [5.41, 5.74) is 1.24. The van der Waals surface area contributed by atoms with E-state index in [1.807, 2.05) is 24.8 Å². The monoisotopic (exact) mass is 422 g/mol. The Morgan fingerprint density at radius 2 is 2.15 bits per heavy atom. The normalized spacial score (nSPS) is 18.3. The molecule has 0 spiro atoms. The minimum Gasteiger partial charge on any atom is -0.356 e. The lowest BCUT2D eigenvalue weighted by Crippen LogP contribution is -2.48. The number of hydrogen-bond donors (Lipinski definition) is 2. The van der Waals surface area contributed by atoms with Crippen LogP contribution in [0.4, 0.5) is 0 Å². The van der Waals surface area contributed by atoms with Gasteiger partial charge in [-0.2, -0.15) is 0 Å². The Morgan fingerprint density at radius 3 is 2.77 bits per heavy atom. The number of benzene rings is 1. The molecule has 2 rings (SSSR count). The molecule has 1 aliphatic heterocycles. The van der Waals surface area contributed by atoms with E-state index in [2.05, 4.69) is 63.6 Å². The second kappa shape index (κ2) is 8.89. The molecule has 1 aliphatic rings. The summed E-state index contributed by atoms with van der Waals surface area (Å²) in [6, 6.07) is 8.65. The van der Waals surface area contributed by atoms with E-state index in [0.717, 1.165) is 36.5 Å². The van der Waals surface area contributed by atoms with E-state index < -0.39 is 0 Å². The highest BCUT2D eigenvalue weighted by Gasteiger charge is 2.28. The highest BCUT2D eigenvalue weighted by molar-refractivity contribution is 9.10. The molecule has 0 radical (unpaired) electrons. The molecule has 1 aromatic carbocycles. The highest BCUT2D eigenvalue weighted by atomic mass is 79.9. The zero-order chi connectivity index (χ0) is 19.3. The quantitative estimate of drug-likeness (QED) is 0.565. The van der Waals surface area contributed by atoms with Gasteiger partial charge in [0.2, 0.25) is 5.91 Å². The molecule has 6 heteroatoms. The van der Waals surface area contributed by atoms with Crippen LogP contribution in [0.15, 0.2) is 33.7 Å². The molecule has 1 fully saturated rings. The van der Waals surface area contributed by atoms with Crippen molar-refractivity contribution in [2.24, 2.45) is 10.9 Å². The topological polar surface area (TPSA) is 56.7 Å². The molecule has 0 saturated carbocycles. The zero-order valence-corrected chi connectivity index (χ0v) is 18.1. The summed E-state index contributed by atoms with van der Waals surface area (Å²) < 4.78 is 1.09. The smallest absolute Gasteiger partial charge is 0.225 e. The number of nitrogens with one attached hydrogen (secondary N) is 2. The van der Waals surface area contributed by atoms with Crippen molar-refractivity contribution in [1.82, 2.24) is 15.5 Å². The Kier molecular flexibility index (Phi) is 7.09. The summed E-state index contributed by atoms with van der Waals surface area (Å²) in [6.07, 6.45) is 0.953. The van der Waals surface area contributed by atoms with Crippen molar-refractivity contribution in [1.29, 1.82) is 0 Å².